The highest BCUT2D eigenvalue weighted by Crippen LogP contribution is 2.33. The first-order valence-corrected chi connectivity index (χ1v) is 10.8. The molecule has 0 radical (unpaired) electrons. The van der Waals surface area contributed by atoms with Crippen LogP contribution in [0.4, 0.5) is 0 Å². The van der Waals surface area contributed by atoms with Gasteiger partial charge in [-0.3, -0.25) is 4.79 Å². The number of aliphatic hydroxyl groups is 1. The molecule has 2 aromatic rings. The monoisotopic (exact) mass is 445 g/mol. The Morgan fingerprint density at radius 3 is 2.38 bits per heavy atom. The summed E-state index contributed by atoms with van der Waals surface area (Å²) in [5.74, 6) is 2.15. The Balaban J connectivity index is 1.80. The summed E-state index contributed by atoms with van der Waals surface area (Å²) in [6, 6.07) is 9.31. The fraction of sp³-hybridized carbons (Fsp3) is 0.480. The fourth-order valence-electron chi connectivity index (χ4n) is 3.03. The van der Waals surface area contributed by atoms with Gasteiger partial charge in [0.15, 0.2) is 11.5 Å². The number of nitrogens with one attached hydrogen (secondary N) is 1. The molecular formula is C25H35NO6. The van der Waals surface area contributed by atoms with Crippen LogP contribution in [0.25, 0.3) is 0 Å². The number of methoxy groups -OCH3 is 1. The Morgan fingerprint density at radius 2 is 1.72 bits per heavy atom. The Hall–Kier alpha value is -2.77. The average Bonchev–Trinajstić information content (AvgIpc) is 2.77. The second kappa shape index (κ2) is 12.3. The summed E-state index contributed by atoms with van der Waals surface area (Å²) in [4.78, 5) is 12.0. The number of aliphatic hydroxyl groups excluding tert-OH is 1. The first-order valence-electron chi connectivity index (χ1n) is 10.8. The highest BCUT2D eigenvalue weighted by atomic mass is 16.5. The third kappa shape index (κ3) is 7.14. The number of esters is 1. The molecule has 0 aromatic heterocycles. The van der Waals surface area contributed by atoms with Gasteiger partial charge < -0.3 is 29.4 Å². The normalized spacial score (nSPS) is 11.9. The van der Waals surface area contributed by atoms with Crippen molar-refractivity contribution in [3.05, 3.63) is 47.0 Å². The smallest absolute Gasteiger partial charge is 0.313 e. The number of benzene rings is 2. The SMILES string of the molecule is COc1ccccc1OCCNC[C@H](O)COc1cc(C)c(OC(=O)C(C)C)c(C)c1C. The van der Waals surface area contributed by atoms with Gasteiger partial charge in [-0.05, 0) is 55.7 Å². The lowest BCUT2D eigenvalue weighted by Crippen LogP contribution is -2.33. The summed E-state index contributed by atoms with van der Waals surface area (Å²) in [5, 5.41) is 13.4. The van der Waals surface area contributed by atoms with Crippen LogP contribution in [0.1, 0.15) is 30.5 Å². The first-order chi connectivity index (χ1) is 15.2. The Kier molecular flexibility index (Phi) is 9.81. The molecular weight excluding hydrogens is 410 g/mol. The summed E-state index contributed by atoms with van der Waals surface area (Å²) in [6.07, 6.45) is -0.681. The van der Waals surface area contributed by atoms with Crippen LogP contribution < -0.4 is 24.3 Å². The topological polar surface area (TPSA) is 86.2 Å². The van der Waals surface area contributed by atoms with Crippen molar-refractivity contribution in [1.29, 1.82) is 0 Å². The van der Waals surface area contributed by atoms with E-state index in [-0.39, 0.29) is 18.5 Å². The highest BCUT2D eigenvalue weighted by molar-refractivity contribution is 5.75. The van der Waals surface area contributed by atoms with Gasteiger partial charge in [-0.15, -0.1) is 0 Å². The second-order valence-corrected chi connectivity index (χ2v) is 8.01. The van der Waals surface area contributed by atoms with E-state index in [1.807, 2.05) is 51.1 Å². The Labute approximate surface area is 190 Å². The molecule has 0 amide bonds. The molecule has 0 aliphatic rings. The number of carbonyl (C=O) groups excluding carboxylic acids is 1. The maximum atomic E-state index is 12.0. The largest absolute Gasteiger partial charge is 0.493 e. The average molecular weight is 446 g/mol. The van der Waals surface area contributed by atoms with E-state index in [1.54, 1.807) is 21.0 Å². The molecule has 7 heteroatoms. The number of carbonyl (C=O) groups is 1. The predicted molar refractivity (Wildman–Crippen MR) is 124 cm³/mol. The van der Waals surface area contributed by atoms with Gasteiger partial charge in [0, 0.05) is 13.1 Å². The van der Waals surface area contributed by atoms with Crippen molar-refractivity contribution >= 4 is 5.97 Å². The van der Waals surface area contributed by atoms with Crippen LogP contribution in [-0.4, -0.2) is 50.6 Å². The quantitative estimate of drug-likeness (QED) is 0.293. The predicted octanol–water partition coefficient (Wildman–Crippen LogP) is 3.59. The van der Waals surface area contributed by atoms with Crippen LogP contribution >= 0.6 is 0 Å². The molecule has 0 saturated carbocycles. The molecule has 0 aliphatic carbocycles. The number of aryl methyl sites for hydroxylation is 1. The zero-order valence-corrected chi connectivity index (χ0v) is 19.9. The van der Waals surface area contributed by atoms with Crippen LogP contribution in [0.3, 0.4) is 0 Å². The van der Waals surface area contributed by atoms with Crippen LogP contribution in [0.2, 0.25) is 0 Å². The third-order valence-corrected chi connectivity index (χ3v) is 5.07. The molecule has 0 unspecified atom stereocenters. The Bertz CT molecular complexity index is 896. The maximum Gasteiger partial charge on any atom is 0.313 e. The number of ether oxygens (including phenoxy) is 4. The maximum absolute atomic E-state index is 12.0. The number of hydrogen-bond donors (Lipinski definition) is 2. The van der Waals surface area contributed by atoms with E-state index in [1.165, 1.54) is 0 Å². The lowest BCUT2D eigenvalue weighted by molar-refractivity contribution is -0.137. The number of rotatable bonds is 12. The van der Waals surface area contributed by atoms with Crippen molar-refractivity contribution in [1.82, 2.24) is 5.32 Å². The standard InChI is InChI=1S/C25H35NO6/c1-16(2)25(28)32-24-17(3)13-23(18(4)19(24)5)31-15-20(27)14-26-11-12-30-22-10-8-7-9-21(22)29-6/h7-10,13,16,20,26-27H,11-12,14-15H2,1-6H3/t20-/m0/s1. The molecule has 176 valence electrons. The van der Waals surface area contributed by atoms with E-state index < -0.39 is 6.10 Å². The van der Waals surface area contributed by atoms with Crippen molar-refractivity contribution in [2.24, 2.45) is 5.92 Å². The van der Waals surface area contributed by atoms with Gasteiger partial charge in [0.2, 0.25) is 0 Å². The highest BCUT2D eigenvalue weighted by Gasteiger charge is 2.18. The molecule has 0 aliphatic heterocycles. The van der Waals surface area contributed by atoms with E-state index in [2.05, 4.69) is 5.32 Å². The number of hydrogen-bond acceptors (Lipinski definition) is 7. The van der Waals surface area contributed by atoms with Gasteiger partial charge in [0.1, 0.15) is 30.8 Å². The van der Waals surface area contributed by atoms with Gasteiger partial charge in [0.05, 0.1) is 13.0 Å². The molecule has 2 rings (SSSR count). The van der Waals surface area contributed by atoms with Crippen molar-refractivity contribution in [2.45, 2.75) is 40.7 Å². The summed E-state index contributed by atoms with van der Waals surface area (Å²) >= 11 is 0. The van der Waals surface area contributed by atoms with Gasteiger partial charge in [-0.25, -0.2) is 0 Å². The van der Waals surface area contributed by atoms with Crippen LogP contribution in [-0.2, 0) is 4.79 Å². The van der Waals surface area contributed by atoms with E-state index in [9.17, 15) is 9.90 Å². The van der Waals surface area contributed by atoms with Crippen LogP contribution in [0.15, 0.2) is 30.3 Å². The first kappa shape index (κ1) is 25.5. The molecule has 32 heavy (non-hydrogen) atoms. The minimum absolute atomic E-state index is 0.144. The summed E-state index contributed by atoms with van der Waals surface area (Å²) in [6.45, 7) is 10.8. The van der Waals surface area contributed by atoms with E-state index in [0.29, 0.717) is 42.7 Å². The van der Waals surface area contributed by atoms with Crippen molar-refractivity contribution in [2.75, 3.05) is 33.4 Å². The minimum Gasteiger partial charge on any atom is -0.493 e. The Morgan fingerprint density at radius 1 is 1.03 bits per heavy atom. The van der Waals surface area contributed by atoms with Crippen molar-refractivity contribution in [3.8, 4) is 23.0 Å². The van der Waals surface area contributed by atoms with Crippen molar-refractivity contribution in [3.63, 3.8) is 0 Å². The summed E-state index contributed by atoms with van der Waals surface area (Å²) in [7, 11) is 1.60. The third-order valence-electron chi connectivity index (χ3n) is 5.07. The molecule has 7 nitrogen and oxygen atoms in total. The number of para-hydroxylation sites is 2. The zero-order chi connectivity index (χ0) is 23.7. The van der Waals surface area contributed by atoms with Crippen molar-refractivity contribution < 1.29 is 28.8 Å². The molecule has 2 aromatic carbocycles. The van der Waals surface area contributed by atoms with E-state index in [4.69, 9.17) is 18.9 Å². The van der Waals surface area contributed by atoms with Gasteiger partial charge in [0.25, 0.3) is 0 Å². The molecule has 0 fully saturated rings. The molecule has 0 heterocycles. The lowest BCUT2D eigenvalue weighted by Gasteiger charge is -2.19. The van der Waals surface area contributed by atoms with Crippen LogP contribution in [0, 0.1) is 26.7 Å². The van der Waals surface area contributed by atoms with E-state index >= 15 is 0 Å². The van der Waals surface area contributed by atoms with Gasteiger partial charge >= 0.3 is 5.97 Å². The second-order valence-electron chi connectivity index (χ2n) is 8.01. The molecule has 0 spiro atoms. The molecule has 0 bridgehead atoms. The molecule has 2 N–H and O–H groups in total. The van der Waals surface area contributed by atoms with Gasteiger partial charge in [-0.1, -0.05) is 26.0 Å². The van der Waals surface area contributed by atoms with Crippen LogP contribution in [0.5, 0.6) is 23.0 Å². The zero-order valence-electron chi connectivity index (χ0n) is 19.9. The summed E-state index contributed by atoms with van der Waals surface area (Å²) < 4.78 is 22.3. The minimum atomic E-state index is -0.681. The molecule has 1 atom stereocenters. The molecule has 0 saturated heterocycles. The fourth-order valence-corrected chi connectivity index (χ4v) is 3.03. The van der Waals surface area contributed by atoms with Gasteiger partial charge in [-0.2, -0.15) is 0 Å². The van der Waals surface area contributed by atoms with E-state index in [0.717, 1.165) is 16.7 Å². The lowest BCUT2D eigenvalue weighted by atomic mass is 10.0. The summed E-state index contributed by atoms with van der Waals surface area (Å²) in [5.41, 5.74) is 2.56.